The Morgan fingerprint density at radius 2 is 2.03 bits per heavy atom. The number of hydrogen-bond donors (Lipinski definition) is 2. The molecule has 2 heterocycles. The molecule has 1 aromatic heterocycles. The van der Waals surface area contributed by atoms with E-state index in [1.807, 2.05) is 13.0 Å². The average molecular weight is 418 g/mol. The molecule has 1 aliphatic rings. The number of benzene rings is 1. The van der Waals surface area contributed by atoms with Crippen molar-refractivity contribution in [3.8, 4) is 11.5 Å². The first-order valence-corrected chi connectivity index (χ1v) is 9.78. The molecular weight excluding hydrogens is 396 g/mol. The van der Waals surface area contributed by atoms with Gasteiger partial charge in [0.25, 0.3) is 5.91 Å². The van der Waals surface area contributed by atoms with Crippen LogP contribution in [0.15, 0.2) is 24.4 Å². The molecule has 10 heteroatoms. The van der Waals surface area contributed by atoms with E-state index in [1.54, 1.807) is 32.5 Å². The number of ether oxygens (including phenoxy) is 2. The molecule has 1 fully saturated rings. The van der Waals surface area contributed by atoms with Gasteiger partial charge in [-0.1, -0.05) is 6.07 Å². The van der Waals surface area contributed by atoms with Gasteiger partial charge >= 0.3 is 6.03 Å². The number of rotatable bonds is 8. The molecule has 0 unspecified atom stereocenters. The number of urea groups is 1. The average Bonchev–Trinajstić information content (AvgIpc) is 3.22. The van der Waals surface area contributed by atoms with E-state index in [1.165, 1.54) is 11.3 Å². The maximum Gasteiger partial charge on any atom is 0.324 e. The van der Waals surface area contributed by atoms with E-state index in [4.69, 9.17) is 9.47 Å². The van der Waals surface area contributed by atoms with E-state index in [0.717, 1.165) is 15.3 Å². The number of nitrogens with zero attached hydrogens (tertiary/aromatic N) is 2. The van der Waals surface area contributed by atoms with Crippen LogP contribution in [-0.4, -0.2) is 54.5 Å². The van der Waals surface area contributed by atoms with Crippen molar-refractivity contribution in [2.75, 3.05) is 26.1 Å². The normalized spacial score (nSPS) is 16.0. The zero-order valence-electron chi connectivity index (χ0n) is 16.4. The number of hydrogen-bond acceptors (Lipinski definition) is 7. The smallest absolute Gasteiger partial charge is 0.324 e. The van der Waals surface area contributed by atoms with Crippen LogP contribution in [0, 0.1) is 6.92 Å². The van der Waals surface area contributed by atoms with E-state index in [-0.39, 0.29) is 18.9 Å². The molecule has 154 valence electrons. The zero-order chi connectivity index (χ0) is 21.0. The zero-order valence-corrected chi connectivity index (χ0v) is 17.2. The Bertz CT molecular complexity index is 929. The van der Waals surface area contributed by atoms with E-state index in [9.17, 15) is 14.4 Å². The van der Waals surface area contributed by atoms with Gasteiger partial charge in [-0.25, -0.2) is 9.78 Å². The van der Waals surface area contributed by atoms with Crippen LogP contribution in [0.1, 0.15) is 16.9 Å². The maximum atomic E-state index is 12.6. The fourth-order valence-corrected chi connectivity index (χ4v) is 3.65. The summed E-state index contributed by atoms with van der Waals surface area (Å²) in [4.78, 5) is 43.0. The van der Waals surface area contributed by atoms with Gasteiger partial charge in [0, 0.05) is 17.6 Å². The van der Waals surface area contributed by atoms with Crippen molar-refractivity contribution in [2.45, 2.75) is 25.8 Å². The van der Waals surface area contributed by atoms with E-state index >= 15 is 0 Å². The molecule has 3 rings (SSSR count). The largest absolute Gasteiger partial charge is 0.493 e. The van der Waals surface area contributed by atoms with Crippen LogP contribution >= 0.6 is 11.3 Å². The molecule has 4 amide bonds. The summed E-state index contributed by atoms with van der Waals surface area (Å²) < 4.78 is 10.5. The van der Waals surface area contributed by atoms with E-state index in [2.05, 4.69) is 15.6 Å². The van der Waals surface area contributed by atoms with Gasteiger partial charge in [0.05, 0.1) is 20.6 Å². The lowest BCUT2D eigenvalue weighted by Crippen LogP contribution is -2.34. The lowest BCUT2D eigenvalue weighted by Gasteiger charge is -2.14. The van der Waals surface area contributed by atoms with Crippen LogP contribution < -0.4 is 20.1 Å². The van der Waals surface area contributed by atoms with Crippen LogP contribution in [0.25, 0.3) is 0 Å². The molecule has 1 aromatic carbocycles. The minimum absolute atomic E-state index is 0.143. The van der Waals surface area contributed by atoms with E-state index < -0.39 is 18.0 Å². The van der Waals surface area contributed by atoms with Crippen LogP contribution in [0.2, 0.25) is 0 Å². The summed E-state index contributed by atoms with van der Waals surface area (Å²) in [7, 11) is 3.10. The number of anilines is 1. The number of amides is 4. The second-order valence-corrected chi connectivity index (χ2v) is 7.69. The molecule has 0 saturated carbocycles. The molecule has 2 N–H and O–H groups in total. The van der Waals surface area contributed by atoms with Crippen molar-refractivity contribution >= 4 is 34.3 Å². The van der Waals surface area contributed by atoms with Crippen molar-refractivity contribution in [3.05, 3.63) is 34.8 Å². The van der Waals surface area contributed by atoms with Crippen LogP contribution in [0.4, 0.5) is 9.93 Å². The Hall–Kier alpha value is -3.14. The van der Waals surface area contributed by atoms with Gasteiger partial charge < -0.3 is 20.1 Å². The summed E-state index contributed by atoms with van der Waals surface area (Å²) in [6.07, 6.45) is 1.96. The number of aryl methyl sites for hydroxylation is 1. The molecule has 0 spiro atoms. The summed E-state index contributed by atoms with van der Waals surface area (Å²) >= 11 is 1.34. The van der Waals surface area contributed by atoms with Gasteiger partial charge in [-0.2, -0.15) is 0 Å². The Labute approximate surface area is 172 Å². The highest BCUT2D eigenvalue weighted by atomic mass is 32.1. The first-order chi connectivity index (χ1) is 13.9. The van der Waals surface area contributed by atoms with Crippen LogP contribution in [0.3, 0.4) is 0 Å². The lowest BCUT2D eigenvalue weighted by molar-refractivity contribution is -0.129. The predicted molar refractivity (Wildman–Crippen MR) is 107 cm³/mol. The Morgan fingerprint density at radius 3 is 2.69 bits per heavy atom. The fourth-order valence-electron chi connectivity index (χ4n) is 2.97. The topological polar surface area (TPSA) is 110 Å². The molecule has 0 aliphatic carbocycles. The summed E-state index contributed by atoms with van der Waals surface area (Å²) in [6, 6.07) is 4.04. The summed E-state index contributed by atoms with van der Waals surface area (Å²) in [5.41, 5.74) is 0.892. The molecule has 9 nitrogen and oxygen atoms in total. The molecular formula is C19H22N4O5S. The van der Waals surface area contributed by atoms with Crippen molar-refractivity contribution in [3.63, 3.8) is 0 Å². The fraction of sp³-hybridized carbons (Fsp3) is 0.368. The minimum Gasteiger partial charge on any atom is -0.493 e. The van der Waals surface area contributed by atoms with Crippen molar-refractivity contribution in [2.24, 2.45) is 0 Å². The standard InChI is InChI=1S/C19H22N4O5S/c1-11-10-20-18(29-11)22-16(24)9-13-17(25)23(19(26)21-13)7-6-12-4-5-14(27-2)15(8-12)28-3/h4-5,8,10,13H,6-7,9H2,1-3H3,(H,21,26)(H,20,22,24)/t13-/m1/s1. The van der Waals surface area contributed by atoms with Gasteiger partial charge in [-0.05, 0) is 31.0 Å². The number of carbonyl (C=O) groups is 3. The lowest BCUT2D eigenvalue weighted by atomic mass is 10.1. The Balaban J connectivity index is 1.56. The Kier molecular flexibility index (Phi) is 6.32. The van der Waals surface area contributed by atoms with Gasteiger partial charge in [0.1, 0.15) is 6.04 Å². The van der Waals surface area contributed by atoms with Gasteiger partial charge in [0.15, 0.2) is 16.6 Å². The minimum atomic E-state index is -0.881. The number of methoxy groups -OCH3 is 2. The quantitative estimate of drug-likeness (QED) is 0.634. The number of nitrogens with one attached hydrogen (secondary N) is 2. The SMILES string of the molecule is COc1ccc(CCN2C(=O)N[C@H](CC(=O)Nc3ncc(C)s3)C2=O)cc1OC. The second kappa shape index (κ2) is 8.91. The number of carbonyl (C=O) groups excluding carboxylic acids is 3. The first-order valence-electron chi connectivity index (χ1n) is 8.96. The summed E-state index contributed by atoms with van der Waals surface area (Å²) in [5.74, 6) is 0.391. The van der Waals surface area contributed by atoms with E-state index in [0.29, 0.717) is 23.1 Å². The molecule has 0 bridgehead atoms. The van der Waals surface area contributed by atoms with Gasteiger partial charge in [0.2, 0.25) is 5.91 Å². The molecule has 0 radical (unpaired) electrons. The van der Waals surface area contributed by atoms with Crippen LogP contribution in [-0.2, 0) is 16.0 Å². The summed E-state index contributed by atoms with van der Waals surface area (Å²) in [5, 5.41) is 5.68. The third-order valence-electron chi connectivity index (χ3n) is 4.44. The predicted octanol–water partition coefficient (Wildman–Crippen LogP) is 1.96. The molecule has 29 heavy (non-hydrogen) atoms. The first kappa shape index (κ1) is 20.6. The van der Waals surface area contributed by atoms with Crippen molar-refractivity contribution < 1.29 is 23.9 Å². The highest BCUT2D eigenvalue weighted by Gasteiger charge is 2.38. The third kappa shape index (κ3) is 4.83. The maximum absolute atomic E-state index is 12.6. The van der Waals surface area contributed by atoms with Crippen molar-refractivity contribution in [1.82, 2.24) is 15.2 Å². The number of thiazole rings is 1. The van der Waals surface area contributed by atoms with Gasteiger partial charge in [-0.3, -0.25) is 14.5 Å². The monoisotopic (exact) mass is 418 g/mol. The van der Waals surface area contributed by atoms with Gasteiger partial charge in [-0.15, -0.1) is 11.3 Å². The number of imide groups is 1. The molecule has 1 aliphatic heterocycles. The highest BCUT2D eigenvalue weighted by molar-refractivity contribution is 7.15. The highest BCUT2D eigenvalue weighted by Crippen LogP contribution is 2.28. The Morgan fingerprint density at radius 1 is 1.28 bits per heavy atom. The summed E-state index contributed by atoms with van der Waals surface area (Å²) in [6.45, 7) is 2.08. The van der Waals surface area contributed by atoms with Crippen molar-refractivity contribution in [1.29, 1.82) is 0 Å². The molecule has 2 aromatic rings. The molecule has 1 atom stereocenters. The number of aromatic nitrogens is 1. The van der Waals surface area contributed by atoms with Crippen LogP contribution in [0.5, 0.6) is 11.5 Å². The third-order valence-corrected chi connectivity index (χ3v) is 5.26. The second-order valence-electron chi connectivity index (χ2n) is 6.46. The molecule has 1 saturated heterocycles.